The lowest BCUT2D eigenvalue weighted by Crippen LogP contribution is -2.29. The van der Waals surface area contributed by atoms with Gasteiger partial charge >= 0.3 is 0 Å². The first-order valence-electron chi connectivity index (χ1n) is 8.16. The molecule has 1 aromatic heterocycles. The second-order valence-corrected chi connectivity index (χ2v) is 7.06. The van der Waals surface area contributed by atoms with E-state index in [-0.39, 0.29) is 11.8 Å². The number of hydrogen-bond acceptors (Lipinski definition) is 4. The average molecular weight is 356 g/mol. The molecule has 0 saturated heterocycles. The van der Waals surface area contributed by atoms with Gasteiger partial charge in [0.2, 0.25) is 0 Å². The van der Waals surface area contributed by atoms with E-state index >= 15 is 0 Å². The number of imide groups is 1. The standard InChI is InChI=1S/C21H12N2O2S/c24-20-15-8-1-2-9-16(15)21(25)23(20)14-7-5-6-13(12-14)19-22-17-10-3-4-11-18(17)26-19/h1-12H. The Labute approximate surface area is 153 Å². The summed E-state index contributed by atoms with van der Waals surface area (Å²) >= 11 is 1.59. The van der Waals surface area contributed by atoms with Gasteiger partial charge in [0.25, 0.3) is 11.8 Å². The van der Waals surface area contributed by atoms with Gasteiger partial charge in [0, 0.05) is 5.56 Å². The smallest absolute Gasteiger partial charge is 0.266 e. The van der Waals surface area contributed by atoms with Crippen molar-refractivity contribution in [3.05, 3.63) is 83.9 Å². The maximum atomic E-state index is 12.7. The maximum absolute atomic E-state index is 12.7. The quantitative estimate of drug-likeness (QED) is 0.486. The van der Waals surface area contributed by atoms with Gasteiger partial charge in [-0.25, -0.2) is 9.88 Å². The summed E-state index contributed by atoms with van der Waals surface area (Å²) < 4.78 is 1.11. The highest BCUT2D eigenvalue weighted by atomic mass is 32.1. The van der Waals surface area contributed by atoms with E-state index in [2.05, 4.69) is 4.98 Å². The number of hydrogen-bond donors (Lipinski definition) is 0. The Morgan fingerprint density at radius 3 is 2.19 bits per heavy atom. The Morgan fingerprint density at radius 1 is 0.769 bits per heavy atom. The molecule has 124 valence electrons. The predicted octanol–water partition coefficient (Wildman–Crippen LogP) is 4.76. The Balaban J connectivity index is 1.59. The molecule has 4 aromatic rings. The number of anilines is 1. The molecule has 0 atom stereocenters. The molecular weight excluding hydrogens is 344 g/mol. The zero-order valence-electron chi connectivity index (χ0n) is 13.5. The summed E-state index contributed by atoms with van der Waals surface area (Å²) in [6.45, 7) is 0. The summed E-state index contributed by atoms with van der Waals surface area (Å²) in [6.07, 6.45) is 0. The number of aromatic nitrogens is 1. The highest BCUT2D eigenvalue weighted by Gasteiger charge is 2.36. The Morgan fingerprint density at radius 2 is 1.46 bits per heavy atom. The van der Waals surface area contributed by atoms with Crippen molar-refractivity contribution in [2.75, 3.05) is 4.90 Å². The van der Waals surface area contributed by atoms with Gasteiger partial charge in [0.05, 0.1) is 27.0 Å². The summed E-state index contributed by atoms with van der Waals surface area (Å²) in [4.78, 5) is 31.3. The van der Waals surface area contributed by atoms with Gasteiger partial charge in [-0.1, -0.05) is 36.4 Å². The summed E-state index contributed by atoms with van der Waals surface area (Å²) in [6, 6.07) is 22.3. The minimum Gasteiger partial charge on any atom is -0.268 e. The van der Waals surface area contributed by atoms with Gasteiger partial charge in [-0.15, -0.1) is 11.3 Å². The van der Waals surface area contributed by atoms with Gasteiger partial charge < -0.3 is 0 Å². The number of fused-ring (bicyclic) bond motifs is 2. The van der Waals surface area contributed by atoms with E-state index in [0.29, 0.717) is 16.8 Å². The van der Waals surface area contributed by atoms with E-state index in [1.54, 1.807) is 41.7 Å². The lowest BCUT2D eigenvalue weighted by Gasteiger charge is -2.14. The SMILES string of the molecule is O=C1c2ccccc2C(=O)N1c1cccc(-c2nc3ccccc3s2)c1. The maximum Gasteiger partial charge on any atom is 0.266 e. The van der Waals surface area contributed by atoms with Gasteiger partial charge in [-0.2, -0.15) is 0 Å². The van der Waals surface area contributed by atoms with Crippen molar-refractivity contribution < 1.29 is 9.59 Å². The molecule has 26 heavy (non-hydrogen) atoms. The number of benzene rings is 3. The summed E-state index contributed by atoms with van der Waals surface area (Å²) in [5.74, 6) is -0.570. The van der Waals surface area contributed by atoms with Crippen molar-refractivity contribution in [1.82, 2.24) is 4.98 Å². The van der Waals surface area contributed by atoms with E-state index in [1.165, 1.54) is 4.90 Å². The molecule has 0 bridgehead atoms. The van der Waals surface area contributed by atoms with Gasteiger partial charge in [-0.3, -0.25) is 9.59 Å². The molecule has 0 radical (unpaired) electrons. The fourth-order valence-electron chi connectivity index (χ4n) is 3.20. The Kier molecular flexibility index (Phi) is 3.23. The monoisotopic (exact) mass is 356 g/mol. The predicted molar refractivity (Wildman–Crippen MR) is 103 cm³/mol. The van der Waals surface area contributed by atoms with Crippen molar-refractivity contribution in [3.8, 4) is 10.6 Å². The molecule has 0 N–H and O–H groups in total. The van der Waals surface area contributed by atoms with Crippen molar-refractivity contribution in [2.24, 2.45) is 0 Å². The van der Waals surface area contributed by atoms with E-state index in [0.717, 1.165) is 20.8 Å². The molecule has 5 rings (SSSR count). The van der Waals surface area contributed by atoms with Crippen LogP contribution in [0.25, 0.3) is 20.8 Å². The van der Waals surface area contributed by atoms with Crippen molar-refractivity contribution in [3.63, 3.8) is 0 Å². The molecule has 3 aromatic carbocycles. The van der Waals surface area contributed by atoms with Crippen LogP contribution in [0.1, 0.15) is 20.7 Å². The molecule has 0 fully saturated rings. The summed E-state index contributed by atoms with van der Waals surface area (Å²) in [7, 11) is 0. The van der Waals surface area contributed by atoms with Crippen LogP contribution in [0.4, 0.5) is 5.69 Å². The molecule has 0 saturated carbocycles. The van der Waals surface area contributed by atoms with E-state index in [1.807, 2.05) is 42.5 Å². The van der Waals surface area contributed by atoms with Gasteiger partial charge in [0.15, 0.2) is 0 Å². The zero-order chi connectivity index (χ0) is 17.7. The van der Waals surface area contributed by atoms with Crippen LogP contribution in [-0.4, -0.2) is 16.8 Å². The molecule has 2 amide bonds. The first-order valence-corrected chi connectivity index (χ1v) is 8.98. The fraction of sp³-hybridized carbons (Fsp3) is 0. The first kappa shape index (κ1) is 15.0. The largest absolute Gasteiger partial charge is 0.268 e. The minimum atomic E-state index is -0.285. The van der Waals surface area contributed by atoms with Gasteiger partial charge in [0.1, 0.15) is 5.01 Å². The highest BCUT2D eigenvalue weighted by molar-refractivity contribution is 7.21. The van der Waals surface area contributed by atoms with Crippen LogP contribution in [-0.2, 0) is 0 Å². The molecule has 1 aliphatic rings. The molecule has 1 aliphatic heterocycles. The van der Waals surface area contributed by atoms with Crippen molar-refractivity contribution >= 4 is 39.1 Å². The van der Waals surface area contributed by atoms with Crippen LogP contribution >= 0.6 is 11.3 Å². The number of carbonyl (C=O) groups is 2. The van der Waals surface area contributed by atoms with Crippen LogP contribution in [0.2, 0.25) is 0 Å². The third-order valence-electron chi connectivity index (χ3n) is 4.44. The van der Waals surface area contributed by atoms with Crippen molar-refractivity contribution in [1.29, 1.82) is 0 Å². The summed E-state index contributed by atoms with van der Waals surface area (Å²) in [5, 5.41) is 0.865. The third kappa shape index (κ3) is 2.18. The number of thiazole rings is 1. The average Bonchev–Trinajstić information content (AvgIpc) is 3.22. The van der Waals surface area contributed by atoms with Crippen LogP contribution in [0.15, 0.2) is 72.8 Å². The second-order valence-electron chi connectivity index (χ2n) is 6.03. The molecule has 4 nitrogen and oxygen atoms in total. The van der Waals surface area contributed by atoms with Crippen LogP contribution in [0, 0.1) is 0 Å². The summed E-state index contributed by atoms with van der Waals surface area (Å²) in [5.41, 5.74) is 3.29. The molecule has 0 spiro atoms. The Hall–Kier alpha value is -3.31. The molecular formula is C21H12N2O2S. The lowest BCUT2D eigenvalue weighted by molar-refractivity contribution is 0.0926. The number of rotatable bonds is 2. The van der Waals surface area contributed by atoms with Crippen molar-refractivity contribution in [2.45, 2.75) is 0 Å². The van der Waals surface area contributed by atoms with E-state index < -0.39 is 0 Å². The van der Waals surface area contributed by atoms with Crippen LogP contribution in [0.3, 0.4) is 0 Å². The fourth-order valence-corrected chi connectivity index (χ4v) is 4.16. The molecule has 0 unspecified atom stereocenters. The molecule has 5 heteroatoms. The molecule has 0 aliphatic carbocycles. The number of nitrogens with zero attached hydrogens (tertiary/aromatic N) is 2. The van der Waals surface area contributed by atoms with Crippen LogP contribution in [0.5, 0.6) is 0 Å². The second kappa shape index (κ2) is 5.61. The van der Waals surface area contributed by atoms with Crippen LogP contribution < -0.4 is 4.90 Å². The topological polar surface area (TPSA) is 50.3 Å². The lowest BCUT2D eigenvalue weighted by atomic mass is 10.1. The van der Waals surface area contributed by atoms with E-state index in [4.69, 9.17) is 0 Å². The minimum absolute atomic E-state index is 0.285. The zero-order valence-corrected chi connectivity index (χ0v) is 14.4. The number of para-hydroxylation sites is 1. The first-order chi connectivity index (χ1) is 12.7. The van der Waals surface area contributed by atoms with Gasteiger partial charge in [-0.05, 0) is 36.4 Å². The third-order valence-corrected chi connectivity index (χ3v) is 5.52. The highest BCUT2D eigenvalue weighted by Crippen LogP contribution is 2.34. The number of carbonyl (C=O) groups excluding carboxylic acids is 2. The normalized spacial score (nSPS) is 13.5. The molecule has 2 heterocycles. The Bertz CT molecular complexity index is 1130. The van der Waals surface area contributed by atoms with E-state index in [9.17, 15) is 9.59 Å². The number of amides is 2.